The van der Waals surface area contributed by atoms with Gasteiger partial charge in [-0.25, -0.2) is 8.42 Å². The molecule has 0 aliphatic carbocycles. The summed E-state index contributed by atoms with van der Waals surface area (Å²) in [6.07, 6.45) is 1.45. The monoisotopic (exact) mass is 234 g/mol. The van der Waals surface area contributed by atoms with E-state index in [1.54, 1.807) is 0 Å². The Balaban J connectivity index is 5.08. The normalized spacial score (nSPS) is 17.1. The van der Waals surface area contributed by atoms with Gasteiger partial charge in [-0.2, -0.15) is 0 Å². The molecule has 2 unspecified atom stereocenters. The molecule has 0 amide bonds. The van der Waals surface area contributed by atoms with Crippen LogP contribution < -0.4 is 0 Å². The SMILES string of the molecule is CCC(C(C)C)S(=O)(=O)C(CC)C(C)C. The Hall–Kier alpha value is -0.0500. The molecular weight excluding hydrogens is 208 g/mol. The summed E-state index contributed by atoms with van der Waals surface area (Å²) in [6, 6.07) is 0. The average Bonchev–Trinajstić information content (AvgIpc) is 2.02. The van der Waals surface area contributed by atoms with Gasteiger partial charge >= 0.3 is 0 Å². The van der Waals surface area contributed by atoms with E-state index in [0.29, 0.717) is 0 Å². The molecule has 0 spiro atoms. The molecule has 0 aliphatic heterocycles. The molecule has 3 heteroatoms. The maximum Gasteiger partial charge on any atom is 0.156 e. The molecule has 0 aromatic rings. The van der Waals surface area contributed by atoms with Crippen molar-refractivity contribution in [1.29, 1.82) is 0 Å². The molecule has 2 atom stereocenters. The average molecular weight is 234 g/mol. The molecule has 0 saturated heterocycles. The van der Waals surface area contributed by atoms with Crippen LogP contribution in [0.15, 0.2) is 0 Å². The third-order valence-electron chi connectivity index (χ3n) is 3.14. The summed E-state index contributed by atoms with van der Waals surface area (Å²) in [5, 5.41) is -0.352. The molecule has 15 heavy (non-hydrogen) atoms. The zero-order valence-electron chi connectivity index (χ0n) is 10.9. The summed E-state index contributed by atoms with van der Waals surface area (Å²) in [6.45, 7) is 11.9. The minimum atomic E-state index is -2.96. The van der Waals surface area contributed by atoms with E-state index in [4.69, 9.17) is 0 Å². The third kappa shape index (κ3) is 3.47. The van der Waals surface area contributed by atoms with E-state index in [-0.39, 0.29) is 22.3 Å². The summed E-state index contributed by atoms with van der Waals surface area (Å²) in [7, 11) is -2.96. The minimum Gasteiger partial charge on any atom is -0.228 e. The van der Waals surface area contributed by atoms with Crippen molar-refractivity contribution in [2.75, 3.05) is 0 Å². The standard InChI is InChI=1S/C12H26O2S/c1-7-11(9(3)4)15(13,14)12(8-2)10(5)6/h9-12H,7-8H2,1-6H3. The van der Waals surface area contributed by atoms with Crippen LogP contribution in [-0.2, 0) is 9.84 Å². The second-order valence-electron chi connectivity index (χ2n) is 4.97. The summed E-state index contributed by atoms with van der Waals surface area (Å²) in [5.41, 5.74) is 0. The third-order valence-corrected chi connectivity index (χ3v) is 6.58. The van der Waals surface area contributed by atoms with Crippen LogP contribution in [0.2, 0.25) is 0 Å². The number of rotatable bonds is 6. The van der Waals surface area contributed by atoms with E-state index < -0.39 is 9.84 Å². The fraction of sp³-hybridized carbons (Fsp3) is 1.00. The van der Waals surface area contributed by atoms with Gasteiger partial charge in [0.25, 0.3) is 0 Å². The summed E-state index contributed by atoms with van der Waals surface area (Å²) < 4.78 is 24.8. The van der Waals surface area contributed by atoms with Crippen LogP contribution in [0.25, 0.3) is 0 Å². The molecule has 0 aliphatic rings. The van der Waals surface area contributed by atoms with Crippen LogP contribution in [0.4, 0.5) is 0 Å². The van der Waals surface area contributed by atoms with E-state index in [2.05, 4.69) is 0 Å². The molecular formula is C12H26O2S. The quantitative estimate of drug-likeness (QED) is 0.707. The van der Waals surface area contributed by atoms with Crippen LogP contribution >= 0.6 is 0 Å². The molecule has 0 heterocycles. The fourth-order valence-corrected chi connectivity index (χ4v) is 5.29. The second-order valence-corrected chi connectivity index (χ2v) is 7.36. The first-order chi connectivity index (χ1) is 6.78. The Morgan fingerprint density at radius 3 is 1.20 bits per heavy atom. The maximum atomic E-state index is 12.4. The van der Waals surface area contributed by atoms with Gasteiger partial charge < -0.3 is 0 Å². The maximum absolute atomic E-state index is 12.4. The first-order valence-corrected chi connectivity index (χ1v) is 7.62. The fourth-order valence-electron chi connectivity index (χ4n) is 2.39. The molecule has 0 bridgehead atoms. The zero-order chi connectivity index (χ0) is 12.2. The lowest BCUT2D eigenvalue weighted by atomic mass is 10.1. The second kappa shape index (κ2) is 5.88. The zero-order valence-corrected chi connectivity index (χ0v) is 11.8. The lowest BCUT2D eigenvalue weighted by molar-refractivity contribution is 0.480. The molecule has 0 saturated carbocycles. The lowest BCUT2D eigenvalue weighted by Gasteiger charge is -2.27. The van der Waals surface area contributed by atoms with Crippen molar-refractivity contribution in [2.45, 2.75) is 64.9 Å². The van der Waals surface area contributed by atoms with Crippen molar-refractivity contribution < 1.29 is 8.42 Å². The lowest BCUT2D eigenvalue weighted by Crippen LogP contribution is -2.37. The Labute approximate surface area is 95.4 Å². The summed E-state index contributed by atoms with van der Waals surface area (Å²) >= 11 is 0. The Bertz CT molecular complexity index is 243. The first kappa shape index (κ1) is 14.9. The molecule has 2 nitrogen and oxygen atoms in total. The smallest absolute Gasteiger partial charge is 0.156 e. The van der Waals surface area contributed by atoms with E-state index in [1.807, 2.05) is 41.5 Å². The van der Waals surface area contributed by atoms with Crippen molar-refractivity contribution in [3.05, 3.63) is 0 Å². The predicted molar refractivity (Wildman–Crippen MR) is 66.8 cm³/mol. The highest BCUT2D eigenvalue weighted by atomic mass is 32.2. The van der Waals surface area contributed by atoms with E-state index in [9.17, 15) is 8.42 Å². The van der Waals surface area contributed by atoms with Gasteiger partial charge in [-0.3, -0.25) is 0 Å². The van der Waals surface area contributed by atoms with Gasteiger partial charge in [-0.05, 0) is 24.7 Å². The van der Waals surface area contributed by atoms with Gasteiger partial charge in [0.15, 0.2) is 9.84 Å². The Kier molecular flexibility index (Phi) is 5.86. The molecule has 0 rings (SSSR count). The highest BCUT2D eigenvalue weighted by Crippen LogP contribution is 2.26. The number of hydrogen-bond donors (Lipinski definition) is 0. The predicted octanol–water partition coefficient (Wildman–Crippen LogP) is 3.27. The van der Waals surface area contributed by atoms with Crippen LogP contribution in [0.1, 0.15) is 54.4 Å². The summed E-state index contributed by atoms with van der Waals surface area (Å²) in [4.78, 5) is 0. The molecule has 92 valence electrons. The van der Waals surface area contributed by atoms with E-state index >= 15 is 0 Å². The largest absolute Gasteiger partial charge is 0.228 e. The van der Waals surface area contributed by atoms with Crippen LogP contribution in [0, 0.1) is 11.8 Å². The van der Waals surface area contributed by atoms with Gasteiger partial charge in [0.2, 0.25) is 0 Å². The van der Waals surface area contributed by atoms with Crippen molar-refractivity contribution in [3.63, 3.8) is 0 Å². The number of hydrogen-bond acceptors (Lipinski definition) is 2. The highest BCUT2D eigenvalue weighted by molar-refractivity contribution is 7.92. The topological polar surface area (TPSA) is 34.1 Å². The Morgan fingerprint density at radius 2 is 1.07 bits per heavy atom. The molecule has 0 aromatic heterocycles. The summed E-state index contributed by atoms with van der Waals surface area (Å²) in [5.74, 6) is 0.431. The van der Waals surface area contributed by atoms with Gasteiger partial charge in [0, 0.05) is 0 Å². The first-order valence-electron chi connectivity index (χ1n) is 6.01. The van der Waals surface area contributed by atoms with Crippen molar-refractivity contribution >= 4 is 9.84 Å². The van der Waals surface area contributed by atoms with Gasteiger partial charge in [0.1, 0.15) is 0 Å². The van der Waals surface area contributed by atoms with Crippen LogP contribution in [0.3, 0.4) is 0 Å². The molecule has 0 radical (unpaired) electrons. The molecule has 0 fully saturated rings. The minimum absolute atomic E-state index is 0.176. The number of sulfone groups is 1. The van der Waals surface area contributed by atoms with Gasteiger partial charge in [0.05, 0.1) is 10.5 Å². The van der Waals surface area contributed by atoms with Crippen molar-refractivity contribution in [3.8, 4) is 0 Å². The molecule has 0 N–H and O–H groups in total. The van der Waals surface area contributed by atoms with E-state index in [1.165, 1.54) is 0 Å². The highest BCUT2D eigenvalue weighted by Gasteiger charge is 2.35. The Morgan fingerprint density at radius 1 is 0.800 bits per heavy atom. The van der Waals surface area contributed by atoms with Gasteiger partial charge in [-0.15, -0.1) is 0 Å². The van der Waals surface area contributed by atoms with Crippen LogP contribution in [0.5, 0.6) is 0 Å². The molecule has 0 aromatic carbocycles. The van der Waals surface area contributed by atoms with Crippen molar-refractivity contribution in [2.24, 2.45) is 11.8 Å². The van der Waals surface area contributed by atoms with Crippen LogP contribution in [-0.4, -0.2) is 18.9 Å². The van der Waals surface area contributed by atoms with Gasteiger partial charge in [-0.1, -0.05) is 41.5 Å². The van der Waals surface area contributed by atoms with E-state index in [0.717, 1.165) is 12.8 Å². The van der Waals surface area contributed by atoms with Crippen molar-refractivity contribution in [1.82, 2.24) is 0 Å².